The van der Waals surface area contributed by atoms with Gasteiger partial charge < -0.3 is 9.64 Å². The molecule has 0 unspecified atom stereocenters. The highest BCUT2D eigenvalue weighted by Gasteiger charge is 2.24. The van der Waals surface area contributed by atoms with Gasteiger partial charge in [-0.05, 0) is 42.7 Å². The summed E-state index contributed by atoms with van der Waals surface area (Å²) in [5.74, 6) is 0.968. The van der Waals surface area contributed by atoms with Crippen LogP contribution in [0.4, 0.5) is 5.69 Å². The zero-order valence-electron chi connectivity index (χ0n) is 12.4. The molecule has 0 atom stereocenters. The highest BCUT2D eigenvalue weighted by Crippen LogP contribution is 2.29. The molecule has 108 valence electrons. The van der Waals surface area contributed by atoms with Gasteiger partial charge in [-0.25, -0.2) is 0 Å². The van der Waals surface area contributed by atoms with Crippen molar-refractivity contribution in [3.05, 3.63) is 59.2 Å². The van der Waals surface area contributed by atoms with Crippen molar-refractivity contribution < 1.29 is 9.53 Å². The van der Waals surface area contributed by atoms with E-state index in [-0.39, 0.29) is 5.91 Å². The van der Waals surface area contributed by atoms with Crippen molar-refractivity contribution in [1.82, 2.24) is 0 Å². The predicted octanol–water partition coefficient (Wildman–Crippen LogP) is 3.14. The Morgan fingerprint density at radius 2 is 1.95 bits per heavy atom. The molecule has 0 fully saturated rings. The van der Waals surface area contributed by atoms with Gasteiger partial charge in [-0.2, -0.15) is 0 Å². The predicted molar refractivity (Wildman–Crippen MR) is 83.9 cm³/mol. The van der Waals surface area contributed by atoms with Gasteiger partial charge >= 0.3 is 0 Å². The number of fused-ring (bicyclic) bond motifs is 1. The van der Waals surface area contributed by atoms with E-state index in [2.05, 4.69) is 25.1 Å². The first-order valence-electron chi connectivity index (χ1n) is 7.20. The molecule has 0 saturated heterocycles. The van der Waals surface area contributed by atoms with Gasteiger partial charge in [-0.1, -0.05) is 29.8 Å². The third-order valence-electron chi connectivity index (χ3n) is 3.95. The number of aryl methyl sites for hydroxylation is 1. The first-order chi connectivity index (χ1) is 10.2. The summed E-state index contributed by atoms with van der Waals surface area (Å²) in [5, 5.41) is 0. The normalized spacial score (nSPS) is 13.1. The van der Waals surface area contributed by atoms with E-state index in [1.54, 1.807) is 7.11 Å². The molecule has 0 saturated carbocycles. The van der Waals surface area contributed by atoms with Crippen LogP contribution in [0.1, 0.15) is 16.7 Å². The summed E-state index contributed by atoms with van der Waals surface area (Å²) >= 11 is 0. The average Bonchev–Trinajstić information content (AvgIpc) is 2.91. The number of nitrogens with zero attached hydrogens (tertiary/aromatic N) is 1. The van der Waals surface area contributed by atoms with Gasteiger partial charge in [0.25, 0.3) is 0 Å². The van der Waals surface area contributed by atoms with Crippen molar-refractivity contribution in [2.45, 2.75) is 19.8 Å². The van der Waals surface area contributed by atoms with E-state index in [1.165, 1.54) is 11.1 Å². The van der Waals surface area contributed by atoms with Crippen molar-refractivity contribution >= 4 is 11.6 Å². The van der Waals surface area contributed by atoms with Crippen LogP contribution < -0.4 is 9.64 Å². The number of carbonyl (C=O) groups is 1. The molecule has 2 aromatic rings. The molecule has 3 rings (SSSR count). The number of hydrogen-bond acceptors (Lipinski definition) is 2. The van der Waals surface area contributed by atoms with Crippen LogP contribution in [-0.4, -0.2) is 19.6 Å². The maximum Gasteiger partial charge on any atom is 0.231 e. The highest BCUT2D eigenvalue weighted by atomic mass is 16.5. The third-order valence-corrected chi connectivity index (χ3v) is 3.95. The molecule has 0 spiro atoms. The summed E-state index contributed by atoms with van der Waals surface area (Å²) in [7, 11) is 1.64. The summed E-state index contributed by atoms with van der Waals surface area (Å²) in [4.78, 5) is 14.4. The molecule has 0 aromatic heterocycles. The Hall–Kier alpha value is -2.29. The maximum absolute atomic E-state index is 12.5. The minimum atomic E-state index is 0.155. The third kappa shape index (κ3) is 2.77. The minimum absolute atomic E-state index is 0.155. The number of rotatable bonds is 3. The van der Waals surface area contributed by atoms with Crippen LogP contribution in [0.15, 0.2) is 42.5 Å². The van der Waals surface area contributed by atoms with Crippen LogP contribution in [-0.2, 0) is 17.6 Å². The standard InChI is InChI=1S/C18H19NO2/c1-13-3-8-17-15(11-13)9-10-19(17)18(20)12-14-4-6-16(21-2)7-5-14/h3-8,11H,9-10,12H2,1-2H3. The van der Waals surface area contributed by atoms with Gasteiger partial charge in [0, 0.05) is 12.2 Å². The molecular formula is C18H19NO2. The molecule has 3 nitrogen and oxygen atoms in total. The van der Waals surface area contributed by atoms with Crippen LogP contribution in [0.2, 0.25) is 0 Å². The molecule has 0 aliphatic carbocycles. The van der Waals surface area contributed by atoms with Crippen molar-refractivity contribution in [2.75, 3.05) is 18.6 Å². The molecule has 1 amide bonds. The van der Waals surface area contributed by atoms with Crippen molar-refractivity contribution in [2.24, 2.45) is 0 Å². The van der Waals surface area contributed by atoms with Crippen molar-refractivity contribution in [3.8, 4) is 5.75 Å². The van der Waals surface area contributed by atoms with E-state index in [4.69, 9.17) is 4.74 Å². The summed E-state index contributed by atoms with van der Waals surface area (Å²) in [6.45, 7) is 2.87. The Morgan fingerprint density at radius 1 is 1.19 bits per heavy atom. The Labute approximate surface area is 125 Å². The summed E-state index contributed by atoms with van der Waals surface area (Å²) in [5.41, 5.74) is 4.61. The Bertz CT molecular complexity index is 661. The van der Waals surface area contributed by atoms with Gasteiger partial charge in [0.2, 0.25) is 5.91 Å². The lowest BCUT2D eigenvalue weighted by atomic mass is 10.1. The molecule has 1 heterocycles. The summed E-state index contributed by atoms with van der Waals surface area (Å²) < 4.78 is 5.14. The number of hydrogen-bond donors (Lipinski definition) is 0. The second kappa shape index (κ2) is 5.60. The Kier molecular flexibility index (Phi) is 3.65. The summed E-state index contributed by atoms with van der Waals surface area (Å²) in [6, 6.07) is 14.0. The van der Waals surface area contributed by atoms with E-state index < -0.39 is 0 Å². The SMILES string of the molecule is COc1ccc(CC(=O)N2CCc3cc(C)ccc32)cc1. The molecule has 0 N–H and O–H groups in total. The Balaban J connectivity index is 1.75. The first-order valence-corrected chi connectivity index (χ1v) is 7.20. The van der Waals surface area contributed by atoms with Crippen LogP contribution in [0.5, 0.6) is 5.75 Å². The second-order valence-electron chi connectivity index (χ2n) is 5.45. The fourth-order valence-corrected chi connectivity index (χ4v) is 2.80. The average molecular weight is 281 g/mol. The number of anilines is 1. The first kappa shape index (κ1) is 13.7. The zero-order valence-corrected chi connectivity index (χ0v) is 12.4. The summed E-state index contributed by atoms with van der Waals surface area (Å²) in [6.07, 6.45) is 1.38. The van der Waals surface area contributed by atoms with E-state index in [0.717, 1.165) is 30.0 Å². The fourth-order valence-electron chi connectivity index (χ4n) is 2.80. The van der Waals surface area contributed by atoms with Crippen molar-refractivity contribution in [3.63, 3.8) is 0 Å². The molecule has 2 aromatic carbocycles. The molecule has 1 aliphatic rings. The van der Waals surface area contributed by atoms with Crippen LogP contribution in [0.3, 0.4) is 0 Å². The number of methoxy groups -OCH3 is 1. The second-order valence-corrected chi connectivity index (χ2v) is 5.45. The van der Waals surface area contributed by atoms with Gasteiger partial charge in [0.05, 0.1) is 13.5 Å². The molecule has 1 aliphatic heterocycles. The fraction of sp³-hybridized carbons (Fsp3) is 0.278. The smallest absolute Gasteiger partial charge is 0.231 e. The molecular weight excluding hydrogens is 262 g/mol. The van der Waals surface area contributed by atoms with E-state index in [1.807, 2.05) is 29.2 Å². The lowest BCUT2D eigenvalue weighted by molar-refractivity contribution is -0.117. The highest BCUT2D eigenvalue weighted by molar-refractivity contribution is 5.96. The monoisotopic (exact) mass is 281 g/mol. The molecule has 0 bridgehead atoms. The van der Waals surface area contributed by atoms with Crippen LogP contribution in [0.25, 0.3) is 0 Å². The van der Waals surface area contributed by atoms with E-state index in [9.17, 15) is 4.79 Å². The molecule has 0 radical (unpaired) electrons. The van der Waals surface area contributed by atoms with Gasteiger partial charge in [0.1, 0.15) is 5.75 Å². The minimum Gasteiger partial charge on any atom is -0.497 e. The zero-order chi connectivity index (χ0) is 14.8. The largest absolute Gasteiger partial charge is 0.497 e. The van der Waals surface area contributed by atoms with E-state index >= 15 is 0 Å². The quantitative estimate of drug-likeness (QED) is 0.865. The lowest BCUT2D eigenvalue weighted by Gasteiger charge is -2.17. The Morgan fingerprint density at radius 3 is 2.67 bits per heavy atom. The van der Waals surface area contributed by atoms with Crippen LogP contribution >= 0.6 is 0 Å². The number of ether oxygens (including phenoxy) is 1. The van der Waals surface area contributed by atoms with Crippen LogP contribution in [0, 0.1) is 6.92 Å². The molecule has 21 heavy (non-hydrogen) atoms. The van der Waals surface area contributed by atoms with Crippen molar-refractivity contribution in [1.29, 1.82) is 0 Å². The number of amides is 1. The molecule has 3 heteroatoms. The lowest BCUT2D eigenvalue weighted by Crippen LogP contribution is -2.30. The van der Waals surface area contributed by atoms with Gasteiger partial charge in [-0.3, -0.25) is 4.79 Å². The van der Waals surface area contributed by atoms with Gasteiger partial charge in [-0.15, -0.1) is 0 Å². The topological polar surface area (TPSA) is 29.5 Å². The number of carbonyl (C=O) groups excluding carboxylic acids is 1. The van der Waals surface area contributed by atoms with E-state index in [0.29, 0.717) is 6.42 Å². The van der Waals surface area contributed by atoms with Gasteiger partial charge in [0.15, 0.2) is 0 Å². The maximum atomic E-state index is 12.5. The number of benzene rings is 2.